The highest BCUT2D eigenvalue weighted by Crippen LogP contribution is 2.14. The molecule has 0 saturated heterocycles. The summed E-state index contributed by atoms with van der Waals surface area (Å²) in [6.07, 6.45) is 2.03. The molecule has 0 unspecified atom stereocenters. The third kappa shape index (κ3) is 2.70. The Kier molecular flexibility index (Phi) is 3.90. The van der Waals surface area contributed by atoms with Gasteiger partial charge in [-0.3, -0.25) is 19.1 Å². The van der Waals surface area contributed by atoms with Crippen LogP contribution in [0.5, 0.6) is 0 Å². The molecule has 0 atom stereocenters. The van der Waals surface area contributed by atoms with E-state index in [4.69, 9.17) is 0 Å². The maximum absolute atomic E-state index is 12.4. The van der Waals surface area contributed by atoms with E-state index < -0.39 is 0 Å². The number of carbonyl (C=O) groups excluding carboxylic acids is 2. The smallest absolute Gasteiger partial charge is 0.200 e. The van der Waals surface area contributed by atoms with E-state index in [9.17, 15) is 14.4 Å². The Morgan fingerprint density at radius 2 is 2.05 bits per heavy atom. The van der Waals surface area contributed by atoms with Crippen molar-refractivity contribution < 1.29 is 9.59 Å². The summed E-state index contributed by atoms with van der Waals surface area (Å²) in [5.74, 6) is 4.66. The van der Waals surface area contributed by atoms with Gasteiger partial charge in [-0.2, -0.15) is 0 Å². The summed E-state index contributed by atoms with van der Waals surface area (Å²) in [4.78, 5) is 34.3. The molecule has 2 aromatic rings. The van der Waals surface area contributed by atoms with Crippen molar-refractivity contribution in [3.8, 4) is 11.8 Å². The van der Waals surface area contributed by atoms with E-state index in [1.54, 1.807) is 27.9 Å². The third-order valence-corrected chi connectivity index (χ3v) is 3.07. The van der Waals surface area contributed by atoms with Crippen LogP contribution in [0.1, 0.15) is 22.8 Å². The van der Waals surface area contributed by atoms with Crippen LogP contribution >= 0.6 is 0 Å². The molecular formula is C16H14N2O3. The lowest BCUT2D eigenvalue weighted by Gasteiger charge is -2.20. The van der Waals surface area contributed by atoms with Gasteiger partial charge in [0.1, 0.15) is 0 Å². The maximum atomic E-state index is 12.4. The molecule has 1 aromatic heterocycles. The van der Waals surface area contributed by atoms with Gasteiger partial charge in [-0.1, -0.05) is 5.92 Å². The van der Waals surface area contributed by atoms with Crippen molar-refractivity contribution in [3.63, 3.8) is 0 Å². The van der Waals surface area contributed by atoms with Crippen LogP contribution in [0.2, 0.25) is 0 Å². The number of carbonyl (C=O) groups is 2. The van der Waals surface area contributed by atoms with Gasteiger partial charge in [-0.15, -0.1) is 0 Å². The topological polar surface area (TPSA) is 59.4 Å². The zero-order valence-electron chi connectivity index (χ0n) is 12.0. The number of Topliss-reactive ketones (excluding diaryl/α,β-unsaturated/α-hetero) is 1. The van der Waals surface area contributed by atoms with E-state index in [1.807, 2.05) is 14.1 Å². The first-order chi connectivity index (χ1) is 9.95. The molecule has 5 nitrogen and oxygen atoms in total. The molecule has 21 heavy (non-hydrogen) atoms. The molecule has 2 rings (SSSR count). The first-order valence-electron chi connectivity index (χ1n) is 6.29. The summed E-state index contributed by atoms with van der Waals surface area (Å²) >= 11 is 0. The van der Waals surface area contributed by atoms with Crippen molar-refractivity contribution in [2.45, 2.75) is 6.92 Å². The number of ketones is 1. The molecule has 0 spiro atoms. The molecule has 0 aliphatic heterocycles. The molecule has 0 fully saturated rings. The van der Waals surface area contributed by atoms with E-state index in [-0.39, 0.29) is 16.8 Å². The van der Waals surface area contributed by atoms with E-state index in [2.05, 4.69) is 11.8 Å². The zero-order chi connectivity index (χ0) is 15.6. The van der Waals surface area contributed by atoms with Gasteiger partial charge >= 0.3 is 0 Å². The molecule has 0 aliphatic carbocycles. The molecule has 0 aliphatic rings. The Labute approximate surface area is 121 Å². The summed E-state index contributed by atoms with van der Waals surface area (Å²) in [5, 5.41) is 2.17. The molecule has 5 heteroatoms. The van der Waals surface area contributed by atoms with Crippen LogP contribution in [-0.4, -0.2) is 30.8 Å². The highest BCUT2D eigenvalue weighted by Gasteiger charge is 2.13. The summed E-state index contributed by atoms with van der Waals surface area (Å²) in [6.45, 7) is 1.36. The molecule has 0 bridgehead atoms. The fraction of sp³-hybridized carbons (Fsp3) is 0.188. The van der Waals surface area contributed by atoms with Crippen LogP contribution in [0.3, 0.4) is 0 Å². The Hall–Kier alpha value is -2.87. The average molecular weight is 282 g/mol. The van der Waals surface area contributed by atoms with Gasteiger partial charge in [0.05, 0.1) is 11.1 Å². The lowest BCUT2D eigenvalue weighted by Crippen LogP contribution is -2.29. The summed E-state index contributed by atoms with van der Waals surface area (Å²) in [6, 6.07) is 5.07. The van der Waals surface area contributed by atoms with Crippen LogP contribution in [-0.2, 0) is 4.79 Å². The van der Waals surface area contributed by atoms with Gasteiger partial charge in [0.2, 0.25) is 0 Å². The predicted molar refractivity (Wildman–Crippen MR) is 81.2 cm³/mol. The second kappa shape index (κ2) is 5.63. The van der Waals surface area contributed by atoms with E-state index in [1.165, 1.54) is 13.1 Å². The third-order valence-electron chi connectivity index (χ3n) is 3.07. The lowest BCUT2D eigenvalue weighted by molar-refractivity contribution is -0.103. The van der Waals surface area contributed by atoms with Crippen molar-refractivity contribution in [1.29, 1.82) is 0 Å². The fourth-order valence-corrected chi connectivity index (χ4v) is 2.09. The monoisotopic (exact) mass is 282 g/mol. The van der Waals surface area contributed by atoms with Crippen molar-refractivity contribution in [2.75, 3.05) is 19.1 Å². The van der Waals surface area contributed by atoms with Crippen molar-refractivity contribution in [1.82, 2.24) is 4.68 Å². The number of fused-ring (bicyclic) bond motifs is 1. The minimum Gasteiger partial charge on any atom is -0.319 e. The standard InChI is InChI=1S/C16H14N2O3/c1-11(20)14-10-18(17(2)3)15-7-6-12(5-4-8-19)9-13(15)16(14)21/h6-10H,1-3H3. The highest BCUT2D eigenvalue weighted by molar-refractivity contribution is 5.97. The van der Waals surface area contributed by atoms with Gasteiger partial charge in [0, 0.05) is 31.2 Å². The van der Waals surface area contributed by atoms with Gasteiger partial charge < -0.3 is 5.01 Å². The van der Waals surface area contributed by atoms with Crippen molar-refractivity contribution >= 4 is 23.0 Å². The lowest BCUT2D eigenvalue weighted by atomic mass is 10.1. The average Bonchev–Trinajstić information content (AvgIpc) is 2.45. The second-order valence-corrected chi connectivity index (χ2v) is 4.74. The first kappa shape index (κ1) is 14.5. The number of benzene rings is 1. The Bertz CT molecular complexity index is 851. The molecular weight excluding hydrogens is 268 g/mol. The van der Waals surface area contributed by atoms with Gasteiger partial charge in [-0.05, 0) is 31.0 Å². The fourth-order valence-electron chi connectivity index (χ4n) is 2.09. The number of nitrogens with zero attached hydrogens (tertiary/aromatic N) is 2. The van der Waals surface area contributed by atoms with Crippen LogP contribution in [0.25, 0.3) is 10.9 Å². The molecule has 1 heterocycles. The summed E-state index contributed by atoms with van der Waals surface area (Å²) in [7, 11) is 3.63. The minimum absolute atomic E-state index is 0.122. The maximum Gasteiger partial charge on any atom is 0.200 e. The predicted octanol–water partition coefficient (Wildman–Crippen LogP) is 0.952. The van der Waals surface area contributed by atoms with Crippen molar-refractivity contribution in [3.05, 3.63) is 45.7 Å². The van der Waals surface area contributed by atoms with E-state index in [0.29, 0.717) is 22.8 Å². The van der Waals surface area contributed by atoms with Gasteiger partial charge in [-0.25, -0.2) is 0 Å². The Morgan fingerprint density at radius 1 is 1.33 bits per heavy atom. The van der Waals surface area contributed by atoms with Crippen LogP contribution in [0.15, 0.2) is 29.2 Å². The molecule has 0 amide bonds. The van der Waals surface area contributed by atoms with Crippen LogP contribution in [0.4, 0.5) is 0 Å². The second-order valence-electron chi connectivity index (χ2n) is 4.74. The Balaban J connectivity index is 2.88. The normalized spacial score (nSPS) is 9.86. The first-order valence-corrected chi connectivity index (χ1v) is 6.29. The van der Waals surface area contributed by atoms with Gasteiger partial charge in [0.15, 0.2) is 17.5 Å². The van der Waals surface area contributed by atoms with Gasteiger partial charge in [0.25, 0.3) is 0 Å². The largest absolute Gasteiger partial charge is 0.319 e. The number of hydrogen-bond acceptors (Lipinski definition) is 4. The van der Waals surface area contributed by atoms with E-state index in [0.717, 1.165) is 0 Å². The van der Waals surface area contributed by atoms with Crippen LogP contribution in [0, 0.1) is 11.8 Å². The highest BCUT2D eigenvalue weighted by atomic mass is 16.1. The SMILES string of the molecule is CC(=O)c1cn(N(C)C)c2ccc(C#CC=O)cc2c1=O. The molecule has 0 N–H and O–H groups in total. The van der Waals surface area contributed by atoms with E-state index >= 15 is 0 Å². The number of aromatic nitrogens is 1. The number of rotatable bonds is 2. The molecule has 1 aromatic carbocycles. The minimum atomic E-state index is -0.328. The molecule has 106 valence electrons. The number of aldehydes is 1. The summed E-state index contributed by atoms with van der Waals surface area (Å²) in [5.41, 5.74) is 1.02. The quantitative estimate of drug-likeness (QED) is 0.467. The molecule has 0 radical (unpaired) electrons. The Morgan fingerprint density at radius 3 is 2.62 bits per heavy atom. The zero-order valence-corrected chi connectivity index (χ0v) is 12.0. The summed E-state index contributed by atoms with van der Waals surface area (Å²) < 4.78 is 1.73. The van der Waals surface area contributed by atoms with Crippen molar-refractivity contribution in [2.24, 2.45) is 0 Å². The molecule has 0 saturated carbocycles. The number of pyridine rings is 1. The van der Waals surface area contributed by atoms with Crippen LogP contribution < -0.4 is 10.4 Å². The number of hydrogen-bond donors (Lipinski definition) is 0.